The fourth-order valence-corrected chi connectivity index (χ4v) is 3.00. The Hall–Kier alpha value is -2.11. The Bertz CT molecular complexity index is 810. The standard InChI is InChI=1S/C19H18FNO2S/c1-3-4-17-21-18(13-5-9-15(20)10-6-13)19(23-17)14-7-11-16(12-8-14)24(2)22/h5-12H,3-4H2,1-2H3. The van der Waals surface area contributed by atoms with Crippen LogP contribution in [0, 0.1) is 5.82 Å². The van der Waals surface area contributed by atoms with Crippen LogP contribution in [0.25, 0.3) is 22.6 Å². The Morgan fingerprint density at radius 3 is 2.25 bits per heavy atom. The van der Waals surface area contributed by atoms with Gasteiger partial charge >= 0.3 is 0 Å². The number of aromatic nitrogens is 1. The van der Waals surface area contributed by atoms with Crippen LogP contribution >= 0.6 is 0 Å². The fourth-order valence-electron chi connectivity index (χ4n) is 2.48. The Labute approximate surface area is 143 Å². The Kier molecular flexibility index (Phi) is 5.02. The zero-order valence-corrected chi connectivity index (χ0v) is 14.4. The van der Waals surface area contributed by atoms with E-state index in [0.717, 1.165) is 28.9 Å². The molecule has 0 amide bonds. The molecule has 0 aliphatic heterocycles. The molecule has 0 bridgehead atoms. The minimum absolute atomic E-state index is 0.285. The van der Waals surface area contributed by atoms with Gasteiger partial charge in [-0.1, -0.05) is 6.92 Å². The smallest absolute Gasteiger partial charge is 0.195 e. The molecule has 0 saturated heterocycles. The van der Waals surface area contributed by atoms with Gasteiger partial charge in [0.25, 0.3) is 0 Å². The Morgan fingerprint density at radius 1 is 1.04 bits per heavy atom. The highest BCUT2D eigenvalue weighted by molar-refractivity contribution is 7.90. The van der Waals surface area contributed by atoms with Crippen LogP contribution in [0.1, 0.15) is 19.2 Å². The van der Waals surface area contributed by atoms with Crippen molar-refractivity contribution in [3.63, 3.8) is 0 Å². The van der Waals surface area contributed by atoms with Crippen molar-refractivity contribution in [3.05, 3.63) is 60.2 Å². The number of hydrogen-bond acceptors (Lipinski definition) is 3. The van der Waals surface area contributed by atoms with E-state index in [9.17, 15) is 8.94 Å². The molecule has 24 heavy (non-hydrogen) atoms. The Morgan fingerprint density at radius 2 is 1.67 bits per heavy atom. The molecule has 3 rings (SSSR count). The SMILES string of the molecule is CCCc1nc(-c2ccc(F)cc2)c(-c2ccc([S+](C)[O-])cc2)o1. The normalized spacial score (nSPS) is 12.3. The highest BCUT2D eigenvalue weighted by Gasteiger charge is 2.17. The lowest BCUT2D eigenvalue weighted by atomic mass is 10.1. The van der Waals surface area contributed by atoms with Crippen LogP contribution in [0.15, 0.2) is 57.8 Å². The van der Waals surface area contributed by atoms with Gasteiger partial charge in [0.15, 0.2) is 16.5 Å². The van der Waals surface area contributed by atoms with Gasteiger partial charge in [-0.2, -0.15) is 0 Å². The van der Waals surface area contributed by atoms with Gasteiger partial charge in [-0.3, -0.25) is 0 Å². The van der Waals surface area contributed by atoms with Gasteiger partial charge in [-0.15, -0.1) is 0 Å². The first-order valence-corrected chi connectivity index (χ1v) is 9.33. The molecular weight excluding hydrogens is 325 g/mol. The molecule has 0 aliphatic rings. The number of benzene rings is 2. The predicted octanol–water partition coefficient (Wildman–Crippen LogP) is 4.84. The molecule has 5 heteroatoms. The van der Waals surface area contributed by atoms with Crippen molar-refractivity contribution in [1.82, 2.24) is 4.98 Å². The maximum Gasteiger partial charge on any atom is 0.195 e. The number of aryl methyl sites for hydroxylation is 1. The van der Waals surface area contributed by atoms with Gasteiger partial charge in [0, 0.05) is 17.5 Å². The molecule has 1 aromatic heterocycles. The highest BCUT2D eigenvalue weighted by Crippen LogP contribution is 2.33. The van der Waals surface area contributed by atoms with Gasteiger partial charge in [0.2, 0.25) is 0 Å². The molecule has 0 aliphatic carbocycles. The van der Waals surface area contributed by atoms with Crippen LogP contribution in [0.2, 0.25) is 0 Å². The third kappa shape index (κ3) is 3.52. The second kappa shape index (κ2) is 7.20. The van der Waals surface area contributed by atoms with E-state index in [2.05, 4.69) is 11.9 Å². The molecule has 3 nitrogen and oxygen atoms in total. The van der Waals surface area contributed by atoms with Crippen molar-refractivity contribution >= 4 is 11.2 Å². The van der Waals surface area contributed by atoms with Gasteiger partial charge in [-0.25, -0.2) is 9.37 Å². The van der Waals surface area contributed by atoms with E-state index in [1.165, 1.54) is 12.1 Å². The number of oxazole rings is 1. The van der Waals surface area contributed by atoms with E-state index < -0.39 is 11.2 Å². The van der Waals surface area contributed by atoms with Gasteiger partial charge in [0.1, 0.15) is 17.8 Å². The van der Waals surface area contributed by atoms with Crippen LogP contribution in [-0.2, 0) is 17.6 Å². The zero-order valence-electron chi connectivity index (χ0n) is 13.6. The van der Waals surface area contributed by atoms with Gasteiger partial charge in [-0.05, 0) is 66.1 Å². The number of nitrogens with zero attached hydrogens (tertiary/aromatic N) is 1. The molecular formula is C19H18FNO2S. The summed E-state index contributed by atoms with van der Waals surface area (Å²) in [5, 5.41) is 0. The average Bonchev–Trinajstić information content (AvgIpc) is 3.00. The molecule has 0 radical (unpaired) electrons. The first-order chi connectivity index (χ1) is 11.6. The molecule has 1 heterocycles. The summed E-state index contributed by atoms with van der Waals surface area (Å²) < 4.78 is 30.7. The number of rotatable bonds is 5. The first-order valence-electron chi connectivity index (χ1n) is 7.78. The summed E-state index contributed by atoms with van der Waals surface area (Å²) in [7, 11) is 0. The largest absolute Gasteiger partial charge is 0.612 e. The number of halogens is 1. The molecule has 0 fully saturated rings. The van der Waals surface area contributed by atoms with Crippen molar-refractivity contribution in [2.45, 2.75) is 24.7 Å². The fraction of sp³-hybridized carbons (Fsp3) is 0.211. The van der Waals surface area contributed by atoms with E-state index in [1.54, 1.807) is 18.4 Å². The monoisotopic (exact) mass is 343 g/mol. The molecule has 0 N–H and O–H groups in total. The van der Waals surface area contributed by atoms with Crippen molar-refractivity contribution in [3.8, 4) is 22.6 Å². The molecule has 124 valence electrons. The zero-order chi connectivity index (χ0) is 17.1. The van der Waals surface area contributed by atoms with E-state index in [0.29, 0.717) is 17.3 Å². The number of hydrogen-bond donors (Lipinski definition) is 0. The second-order valence-electron chi connectivity index (χ2n) is 5.52. The Balaban J connectivity index is 2.06. The van der Waals surface area contributed by atoms with Crippen LogP contribution in [-0.4, -0.2) is 15.8 Å². The van der Waals surface area contributed by atoms with Crippen molar-refractivity contribution < 1.29 is 13.4 Å². The summed E-state index contributed by atoms with van der Waals surface area (Å²) in [5.74, 6) is 1.03. The first kappa shape index (κ1) is 16.7. The van der Waals surface area contributed by atoms with Gasteiger partial charge < -0.3 is 8.97 Å². The van der Waals surface area contributed by atoms with Crippen molar-refractivity contribution in [1.29, 1.82) is 0 Å². The topological polar surface area (TPSA) is 49.1 Å². The van der Waals surface area contributed by atoms with Crippen LogP contribution in [0.5, 0.6) is 0 Å². The summed E-state index contributed by atoms with van der Waals surface area (Å²) in [6.07, 6.45) is 3.31. The maximum atomic E-state index is 13.2. The molecule has 0 saturated carbocycles. The van der Waals surface area contributed by atoms with Crippen molar-refractivity contribution in [2.24, 2.45) is 0 Å². The van der Waals surface area contributed by atoms with E-state index in [4.69, 9.17) is 4.42 Å². The lowest BCUT2D eigenvalue weighted by Gasteiger charge is -2.05. The summed E-state index contributed by atoms with van der Waals surface area (Å²) in [5.41, 5.74) is 2.36. The predicted molar refractivity (Wildman–Crippen MR) is 93.7 cm³/mol. The molecule has 0 spiro atoms. The highest BCUT2D eigenvalue weighted by atomic mass is 32.2. The van der Waals surface area contributed by atoms with E-state index in [1.807, 2.05) is 24.3 Å². The quantitative estimate of drug-likeness (QED) is 0.623. The maximum absolute atomic E-state index is 13.2. The van der Waals surface area contributed by atoms with Crippen LogP contribution in [0.4, 0.5) is 4.39 Å². The average molecular weight is 343 g/mol. The van der Waals surface area contributed by atoms with Crippen LogP contribution in [0.3, 0.4) is 0 Å². The van der Waals surface area contributed by atoms with E-state index in [-0.39, 0.29) is 5.82 Å². The van der Waals surface area contributed by atoms with Gasteiger partial charge in [0.05, 0.1) is 0 Å². The second-order valence-corrected chi connectivity index (χ2v) is 6.90. The minimum Gasteiger partial charge on any atom is -0.612 e. The lowest BCUT2D eigenvalue weighted by molar-refractivity contribution is 0.503. The van der Waals surface area contributed by atoms with Crippen LogP contribution < -0.4 is 0 Å². The molecule has 3 aromatic rings. The molecule has 1 atom stereocenters. The summed E-state index contributed by atoms with van der Waals surface area (Å²) in [6.45, 7) is 2.06. The molecule has 2 aromatic carbocycles. The summed E-state index contributed by atoms with van der Waals surface area (Å²) >= 11 is -1.02. The van der Waals surface area contributed by atoms with E-state index >= 15 is 0 Å². The summed E-state index contributed by atoms with van der Waals surface area (Å²) in [4.78, 5) is 5.34. The molecule has 1 unspecified atom stereocenters. The lowest BCUT2D eigenvalue weighted by Crippen LogP contribution is -1.96. The third-order valence-corrected chi connectivity index (χ3v) is 4.64. The third-order valence-electron chi connectivity index (χ3n) is 3.70. The minimum atomic E-state index is -1.02. The summed E-state index contributed by atoms with van der Waals surface area (Å²) in [6, 6.07) is 13.6. The van der Waals surface area contributed by atoms with Crippen molar-refractivity contribution in [2.75, 3.05) is 6.26 Å².